The van der Waals surface area contributed by atoms with Gasteiger partial charge in [0.15, 0.2) is 0 Å². The molecule has 0 aliphatic heterocycles. The van der Waals surface area contributed by atoms with Crippen molar-refractivity contribution in [1.82, 2.24) is 5.32 Å². The van der Waals surface area contributed by atoms with E-state index in [-0.39, 0.29) is 12.3 Å². The molecular weight excluding hydrogens is 254 g/mol. The smallest absolute Gasteiger partial charge is 0.223 e. The predicted octanol–water partition coefficient (Wildman–Crippen LogP) is 2.27. The van der Waals surface area contributed by atoms with Gasteiger partial charge in [0.1, 0.15) is 12.4 Å². The zero-order chi connectivity index (χ0) is 14.3. The van der Waals surface area contributed by atoms with E-state index in [9.17, 15) is 9.90 Å². The van der Waals surface area contributed by atoms with E-state index in [0.29, 0.717) is 13.2 Å². The molecule has 0 aromatic heterocycles. The topological polar surface area (TPSA) is 58.6 Å². The first-order chi connectivity index (χ1) is 9.68. The second-order valence-electron chi connectivity index (χ2n) is 5.47. The van der Waals surface area contributed by atoms with E-state index in [1.807, 2.05) is 30.3 Å². The minimum atomic E-state index is -0.789. The zero-order valence-corrected chi connectivity index (χ0v) is 11.8. The van der Waals surface area contributed by atoms with E-state index in [2.05, 4.69) is 5.32 Å². The maximum absolute atomic E-state index is 11.8. The molecule has 0 unspecified atom stereocenters. The third kappa shape index (κ3) is 4.85. The van der Waals surface area contributed by atoms with Crippen molar-refractivity contribution < 1.29 is 14.6 Å². The highest BCUT2D eigenvalue weighted by atomic mass is 16.5. The molecule has 0 atom stereocenters. The van der Waals surface area contributed by atoms with Gasteiger partial charge < -0.3 is 15.2 Å². The fourth-order valence-electron chi connectivity index (χ4n) is 2.62. The van der Waals surface area contributed by atoms with Crippen molar-refractivity contribution in [3.05, 3.63) is 30.3 Å². The second-order valence-corrected chi connectivity index (χ2v) is 5.47. The van der Waals surface area contributed by atoms with Crippen LogP contribution < -0.4 is 10.1 Å². The van der Waals surface area contributed by atoms with Crippen molar-refractivity contribution in [2.45, 2.75) is 44.1 Å². The first kappa shape index (κ1) is 14.9. The van der Waals surface area contributed by atoms with Gasteiger partial charge in [-0.2, -0.15) is 0 Å². The van der Waals surface area contributed by atoms with Crippen molar-refractivity contribution >= 4 is 5.91 Å². The number of ether oxygens (including phenoxy) is 1. The highest BCUT2D eigenvalue weighted by Crippen LogP contribution is 2.30. The molecule has 4 heteroatoms. The Kier molecular flexibility index (Phi) is 5.41. The van der Waals surface area contributed by atoms with E-state index < -0.39 is 5.60 Å². The molecule has 0 radical (unpaired) electrons. The van der Waals surface area contributed by atoms with Crippen LogP contribution in [-0.2, 0) is 4.79 Å². The van der Waals surface area contributed by atoms with Gasteiger partial charge >= 0.3 is 0 Å². The summed E-state index contributed by atoms with van der Waals surface area (Å²) in [5.41, 5.74) is -0.789. The minimum absolute atomic E-state index is 0.0916. The van der Waals surface area contributed by atoms with Gasteiger partial charge in [-0.15, -0.1) is 0 Å². The Labute approximate surface area is 120 Å². The van der Waals surface area contributed by atoms with Gasteiger partial charge in [0, 0.05) is 0 Å². The molecule has 0 bridgehead atoms. The maximum Gasteiger partial charge on any atom is 0.223 e. The number of amides is 1. The number of carbonyl (C=O) groups is 1. The van der Waals surface area contributed by atoms with Crippen LogP contribution in [0.3, 0.4) is 0 Å². The van der Waals surface area contributed by atoms with Crippen molar-refractivity contribution in [2.75, 3.05) is 13.2 Å². The van der Waals surface area contributed by atoms with Gasteiger partial charge in [0.25, 0.3) is 0 Å². The van der Waals surface area contributed by atoms with Gasteiger partial charge in [-0.05, 0) is 25.0 Å². The van der Waals surface area contributed by atoms with E-state index >= 15 is 0 Å². The molecule has 20 heavy (non-hydrogen) atoms. The summed E-state index contributed by atoms with van der Waals surface area (Å²) in [5, 5.41) is 13.1. The molecule has 1 saturated carbocycles. The number of benzene rings is 1. The summed E-state index contributed by atoms with van der Waals surface area (Å²) in [5.74, 6) is 0.707. The van der Waals surface area contributed by atoms with Crippen LogP contribution in [0.5, 0.6) is 5.75 Å². The lowest BCUT2D eigenvalue weighted by molar-refractivity contribution is -0.127. The second kappa shape index (κ2) is 7.29. The molecule has 110 valence electrons. The molecule has 2 rings (SSSR count). The Morgan fingerprint density at radius 1 is 1.20 bits per heavy atom. The number of rotatable bonds is 6. The Balaban J connectivity index is 1.63. The first-order valence-electron chi connectivity index (χ1n) is 7.35. The number of para-hydroxylation sites is 1. The summed E-state index contributed by atoms with van der Waals surface area (Å²) < 4.78 is 5.49. The van der Waals surface area contributed by atoms with Gasteiger partial charge in [-0.1, -0.05) is 37.5 Å². The quantitative estimate of drug-likeness (QED) is 0.784. The number of hydrogen-bond acceptors (Lipinski definition) is 3. The standard InChI is InChI=1S/C16H23NO3/c18-15(13-16(19)9-5-2-6-10-16)17-11-12-20-14-7-3-1-4-8-14/h1,3-4,7-8,19H,2,5-6,9-13H2,(H,17,18). The van der Waals surface area contributed by atoms with Crippen LogP contribution in [0.1, 0.15) is 38.5 Å². The summed E-state index contributed by atoms with van der Waals surface area (Å²) in [6, 6.07) is 9.51. The number of nitrogens with one attached hydrogen (secondary N) is 1. The molecule has 1 aliphatic rings. The molecule has 1 aromatic rings. The summed E-state index contributed by atoms with van der Waals surface area (Å²) in [6.07, 6.45) is 4.87. The summed E-state index contributed by atoms with van der Waals surface area (Å²) in [4.78, 5) is 11.8. The van der Waals surface area contributed by atoms with Crippen LogP contribution in [0.4, 0.5) is 0 Å². The Hall–Kier alpha value is -1.55. The average Bonchev–Trinajstić information content (AvgIpc) is 2.45. The normalized spacial score (nSPS) is 17.4. The number of carbonyl (C=O) groups excluding carboxylic acids is 1. The van der Waals surface area contributed by atoms with Gasteiger partial charge in [-0.3, -0.25) is 4.79 Å². The molecule has 1 aliphatic carbocycles. The van der Waals surface area contributed by atoms with Crippen LogP contribution in [0.2, 0.25) is 0 Å². The van der Waals surface area contributed by atoms with Crippen molar-refractivity contribution in [2.24, 2.45) is 0 Å². The van der Waals surface area contributed by atoms with Crippen LogP contribution in [0.15, 0.2) is 30.3 Å². The SMILES string of the molecule is O=C(CC1(O)CCCCC1)NCCOc1ccccc1. The molecule has 4 nitrogen and oxygen atoms in total. The van der Waals surface area contributed by atoms with E-state index in [0.717, 1.165) is 37.9 Å². The molecule has 0 heterocycles. The molecular formula is C16H23NO3. The zero-order valence-electron chi connectivity index (χ0n) is 11.8. The lowest BCUT2D eigenvalue weighted by Gasteiger charge is -2.31. The lowest BCUT2D eigenvalue weighted by atomic mass is 9.82. The predicted molar refractivity (Wildman–Crippen MR) is 77.6 cm³/mol. The average molecular weight is 277 g/mol. The monoisotopic (exact) mass is 277 g/mol. The Bertz CT molecular complexity index is 413. The first-order valence-corrected chi connectivity index (χ1v) is 7.35. The molecule has 1 aromatic carbocycles. The van der Waals surface area contributed by atoms with Crippen molar-refractivity contribution in [3.8, 4) is 5.75 Å². The third-order valence-electron chi connectivity index (χ3n) is 3.71. The fourth-order valence-corrected chi connectivity index (χ4v) is 2.62. The molecule has 2 N–H and O–H groups in total. The molecule has 1 fully saturated rings. The summed E-state index contributed by atoms with van der Waals surface area (Å²) in [6.45, 7) is 0.901. The van der Waals surface area contributed by atoms with Crippen LogP contribution in [0.25, 0.3) is 0 Å². The van der Waals surface area contributed by atoms with E-state index in [1.165, 1.54) is 0 Å². The van der Waals surface area contributed by atoms with Gasteiger partial charge in [0.2, 0.25) is 5.91 Å². The maximum atomic E-state index is 11.8. The lowest BCUT2D eigenvalue weighted by Crippen LogP contribution is -2.39. The Morgan fingerprint density at radius 2 is 1.90 bits per heavy atom. The van der Waals surface area contributed by atoms with Crippen LogP contribution >= 0.6 is 0 Å². The number of hydrogen-bond donors (Lipinski definition) is 2. The summed E-state index contributed by atoms with van der Waals surface area (Å²) >= 11 is 0. The van der Waals surface area contributed by atoms with Crippen LogP contribution in [0, 0.1) is 0 Å². The fraction of sp³-hybridized carbons (Fsp3) is 0.562. The van der Waals surface area contributed by atoms with Crippen molar-refractivity contribution in [1.29, 1.82) is 0 Å². The van der Waals surface area contributed by atoms with Crippen molar-refractivity contribution in [3.63, 3.8) is 0 Å². The third-order valence-corrected chi connectivity index (χ3v) is 3.71. The van der Waals surface area contributed by atoms with Crippen LogP contribution in [-0.4, -0.2) is 29.8 Å². The molecule has 0 saturated heterocycles. The van der Waals surface area contributed by atoms with Gasteiger partial charge in [0.05, 0.1) is 18.6 Å². The highest BCUT2D eigenvalue weighted by molar-refractivity contribution is 5.77. The summed E-state index contributed by atoms with van der Waals surface area (Å²) in [7, 11) is 0. The highest BCUT2D eigenvalue weighted by Gasteiger charge is 2.31. The Morgan fingerprint density at radius 3 is 2.60 bits per heavy atom. The largest absolute Gasteiger partial charge is 0.492 e. The minimum Gasteiger partial charge on any atom is -0.492 e. The van der Waals surface area contributed by atoms with Gasteiger partial charge in [-0.25, -0.2) is 0 Å². The molecule has 1 amide bonds. The molecule has 0 spiro atoms. The van der Waals surface area contributed by atoms with E-state index in [1.54, 1.807) is 0 Å². The number of aliphatic hydroxyl groups is 1. The van der Waals surface area contributed by atoms with E-state index in [4.69, 9.17) is 4.74 Å².